The Morgan fingerprint density at radius 3 is 2.62 bits per heavy atom. The topological polar surface area (TPSA) is 118 Å². The third-order valence-electron chi connectivity index (χ3n) is 6.68. The highest BCUT2D eigenvalue weighted by Crippen LogP contribution is 2.20. The zero-order valence-electron chi connectivity index (χ0n) is 23.4. The Kier molecular flexibility index (Phi) is 9.88. The zero-order valence-corrected chi connectivity index (χ0v) is 23.4. The van der Waals surface area contributed by atoms with E-state index in [9.17, 15) is 14.4 Å². The molecule has 1 aromatic heterocycles. The van der Waals surface area contributed by atoms with Crippen molar-refractivity contribution in [3.05, 3.63) is 66.0 Å². The summed E-state index contributed by atoms with van der Waals surface area (Å²) in [5.74, 6) is 1.51. The lowest BCUT2D eigenvalue weighted by atomic mass is 10.1. The molecular weight excluding hydrogens is 508 g/mol. The molecule has 10 heteroatoms. The van der Waals surface area contributed by atoms with Crippen molar-refractivity contribution < 1.29 is 19.1 Å². The van der Waals surface area contributed by atoms with Crippen LogP contribution in [0.3, 0.4) is 0 Å². The molecule has 2 bridgehead atoms. The standard InChI is InChI=1S/C30H38N6O4/c1-21(2)13-14-27(38)35-16-8-15-31-30(39)24-11-7-12-25(19-24)40-18-17-36-29(22(3)32-26(37)20-35)33-28(34-36)23-9-5-4-6-10-23/h4-7,9-12,19,21-22H,8,13-18,20H2,1-3H3,(H,31,39)(H,32,37)/t22-/m0/s1. The monoisotopic (exact) mass is 546 g/mol. The van der Waals surface area contributed by atoms with Crippen LogP contribution in [0.25, 0.3) is 11.4 Å². The minimum Gasteiger partial charge on any atom is -0.492 e. The maximum atomic E-state index is 13.1. The number of aromatic nitrogens is 3. The van der Waals surface area contributed by atoms with Crippen molar-refractivity contribution in [2.75, 3.05) is 26.2 Å². The van der Waals surface area contributed by atoms with Crippen LogP contribution in [0.1, 0.15) is 62.3 Å². The Bertz CT molecular complexity index is 1310. The molecule has 2 aromatic carbocycles. The molecule has 1 atom stereocenters. The van der Waals surface area contributed by atoms with Gasteiger partial charge in [-0.15, -0.1) is 0 Å². The predicted molar refractivity (Wildman–Crippen MR) is 152 cm³/mol. The first kappa shape index (κ1) is 28.8. The lowest BCUT2D eigenvalue weighted by Gasteiger charge is -2.24. The Morgan fingerprint density at radius 1 is 1.07 bits per heavy atom. The van der Waals surface area contributed by atoms with Crippen LogP contribution in [0.15, 0.2) is 54.6 Å². The second kappa shape index (κ2) is 13.7. The first-order valence-corrected chi connectivity index (χ1v) is 13.9. The van der Waals surface area contributed by atoms with Gasteiger partial charge in [0.25, 0.3) is 5.91 Å². The number of hydrogen-bond donors (Lipinski definition) is 2. The number of hydrogen-bond acceptors (Lipinski definition) is 6. The Balaban J connectivity index is 1.60. The van der Waals surface area contributed by atoms with Crippen LogP contribution in [0.5, 0.6) is 5.75 Å². The Labute approximate surface area is 235 Å². The van der Waals surface area contributed by atoms with Crippen molar-refractivity contribution in [3.8, 4) is 17.1 Å². The highest BCUT2D eigenvalue weighted by atomic mass is 16.5. The molecule has 40 heavy (non-hydrogen) atoms. The fourth-order valence-corrected chi connectivity index (χ4v) is 4.49. The van der Waals surface area contributed by atoms with Crippen molar-refractivity contribution in [2.24, 2.45) is 5.92 Å². The third-order valence-corrected chi connectivity index (χ3v) is 6.68. The molecule has 1 aliphatic heterocycles. The molecule has 3 amide bonds. The number of nitrogens with one attached hydrogen (secondary N) is 2. The van der Waals surface area contributed by atoms with E-state index in [2.05, 4.69) is 24.5 Å². The fraction of sp³-hybridized carbons (Fsp3) is 0.433. The lowest BCUT2D eigenvalue weighted by Crippen LogP contribution is -2.43. The number of benzene rings is 2. The molecule has 10 nitrogen and oxygen atoms in total. The first-order valence-electron chi connectivity index (χ1n) is 13.9. The van der Waals surface area contributed by atoms with Crippen LogP contribution >= 0.6 is 0 Å². The second-order valence-corrected chi connectivity index (χ2v) is 10.4. The second-order valence-electron chi connectivity index (χ2n) is 10.4. The van der Waals surface area contributed by atoms with Crippen molar-refractivity contribution in [2.45, 2.75) is 52.6 Å². The van der Waals surface area contributed by atoms with E-state index in [1.807, 2.05) is 37.3 Å². The van der Waals surface area contributed by atoms with Gasteiger partial charge in [-0.3, -0.25) is 14.4 Å². The van der Waals surface area contributed by atoms with Crippen molar-refractivity contribution in [1.29, 1.82) is 0 Å². The summed E-state index contributed by atoms with van der Waals surface area (Å²) in [7, 11) is 0. The summed E-state index contributed by atoms with van der Waals surface area (Å²) in [6, 6.07) is 16.2. The Hall–Kier alpha value is -4.21. The number of amides is 3. The van der Waals surface area contributed by atoms with E-state index in [-0.39, 0.29) is 30.9 Å². The molecule has 0 fully saturated rings. The molecule has 212 valence electrons. The molecule has 0 radical (unpaired) electrons. The van der Waals surface area contributed by atoms with E-state index in [1.54, 1.807) is 33.8 Å². The minimum absolute atomic E-state index is 0.0694. The molecule has 4 rings (SSSR count). The number of ether oxygens (including phenoxy) is 1. The summed E-state index contributed by atoms with van der Waals surface area (Å²) in [6.07, 6.45) is 1.63. The van der Waals surface area contributed by atoms with Crippen molar-refractivity contribution in [1.82, 2.24) is 30.3 Å². The Morgan fingerprint density at radius 2 is 1.85 bits per heavy atom. The van der Waals surface area contributed by atoms with Gasteiger partial charge < -0.3 is 20.3 Å². The van der Waals surface area contributed by atoms with E-state index in [0.29, 0.717) is 61.4 Å². The number of fused-ring (bicyclic) bond motifs is 3. The molecule has 0 unspecified atom stereocenters. The van der Waals surface area contributed by atoms with E-state index in [0.717, 1.165) is 12.0 Å². The minimum atomic E-state index is -0.452. The van der Waals surface area contributed by atoms with E-state index in [1.165, 1.54) is 0 Å². The summed E-state index contributed by atoms with van der Waals surface area (Å²) in [5.41, 5.74) is 1.35. The quantitative estimate of drug-likeness (QED) is 0.516. The van der Waals surface area contributed by atoms with E-state index >= 15 is 0 Å². The van der Waals surface area contributed by atoms with Crippen LogP contribution < -0.4 is 15.4 Å². The molecule has 3 aromatic rings. The molecule has 0 aliphatic carbocycles. The van der Waals surface area contributed by atoms with Gasteiger partial charge in [0.05, 0.1) is 19.1 Å². The van der Waals surface area contributed by atoms with Crippen molar-refractivity contribution >= 4 is 17.7 Å². The number of rotatable bonds is 4. The fourth-order valence-electron chi connectivity index (χ4n) is 4.49. The third kappa shape index (κ3) is 7.91. The van der Waals surface area contributed by atoms with Crippen LogP contribution in [0.4, 0.5) is 0 Å². The molecule has 1 aliphatic rings. The summed E-state index contributed by atoms with van der Waals surface area (Å²) in [4.78, 5) is 45.2. The van der Waals surface area contributed by atoms with E-state index in [4.69, 9.17) is 14.8 Å². The summed E-state index contributed by atoms with van der Waals surface area (Å²) >= 11 is 0. The highest BCUT2D eigenvalue weighted by molar-refractivity contribution is 5.94. The van der Waals surface area contributed by atoms with Gasteiger partial charge in [-0.25, -0.2) is 9.67 Å². The molecule has 2 N–H and O–H groups in total. The predicted octanol–water partition coefficient (Wildman–Crippen LogP) is 3.60. The van der Waals surface area contributed by atoms with Gasteiger partial charge in [-0.2, -0.15) is 5.10 Å². The summed E-state index contributed by atoms with van der Waals surface area (Å²) < 4.78 is 7.68. The SMILES string of the molecule is CC(C)CCC(=O)N1CCCNC(=O)c2cccc(c2)OCCn2nc(-c3ccccc3)nc2[C@H](C)NC(=O)C1. The number of nitrogens with zero attached hydrogens (tertiary/aromatic N) is 4. The molecule has 0 saturated heterocycles. The summed E-state index contributed by atoms with van der Waals surface area (Å²) in [5, 5.41) is 10.6. The van der Waals surface area contributed by atoms with Gasteiger partial charge in [0.2, 0.25) is 11.8 Å². The molecular formula is C30H38N6O4. The summed E-state index contributed by atoms with van der Waals surface area (Å²) in [6.45, 7) is 7.32. The van der Waals surface area contributed by atoms with Crippen LogP contribution in [-0.4, -0.2) is 63.6 Å². The van der Waals surface area contributed by atoms with Crippen LogP contribution in [0.2, 0.25) is 0 Å². The van der Waals surface area contributed by atoms with Gasteiger partial charge in [0.15, 0.2) is 5.82 Å². The smallest absolute Gasteiger partial charge is 0.251 e. The van der Waals surface area contributed by atoms with E-state index < -0.39 is 6.04 Å². The number of carbonyl (C=O) groups excluding carboxylic acids is 3. The van der Waals surface area contributed by atoms with Gasteiger partial charge in [-0.1, -0.05) is 50.2 Å². The lowest BCUT2D eigenvalue weighted by molar-refractivity contribution is -0.136. The maximum absolute atomic E-state index is 13.1. The molecule has 0 saturated carbocycles. The van der Waals surface area contributed by atoms with Gasteiger partial charge in [-0.05, 0) is 43.9 Å². The van der Waals surface area contributed by atoms with Crippen LogP contribution in [-0.2, 0) is 16.1 Å². The van der Waals surface area contributed by atoms with Crippen molar-refractivity contribution in [3.63, 3.8) is 0 Å². The molecule has 0 spiro atoms. The first-order chi connectivity index (χ1) is 19.3. The average molecular weight is 547 g/mol. The normalized spacial score (nSPS) is 17.2. The number of carbonyl (C=O) groups is 3. The van der Waals surface area contributed by atoms with Crippen LogP contribution in [0, 0.1) is 5.92 Å². The molecule has 2 heterocycles. The highest BCUT2D eigenvalue weighted by Gasteiger charge is 2.23. The van der Waals surface area contributed by atoms with Gasteiger partial charge in [0.1, 0.15) is 18.2 Å². The maximum Gasteiger partial charge on any atom is 0.251 e. The largest absolute Gasteiger partial charge is 0.492 e. The zero-order chi connectivity index (χ0) is 28.5. The van der Waals surface area contributed by atoms with Gasteiger partial charge >= 0.3 is 0 Å². The average Bonchev–Trinajstić information content (AvgIpc) is 3.37. The van der Waals surface area contributed by atoms with Gasteiger partial charge in [0, 0.05) is 30.6 Å².